The molecular formula is C23H22F3N3O2. The number of hydrogen-bond acceptors (Lipinski definition) is 4. The van der Waals surface area contributed by atoms with E-state index in [1.807, 2.05) is 32.0 Å². The zero-order valence-electron chi connectivity index (χ0n) is 17.2. The number of alkyl halides is 3. The maximum absolute atomic E-state index is 12.9. The highest BCUT2D eigenvalue weighted by Crippen LogP contribution is 2.32. The Morgan fingerprint density at radius 2 is 1.81 bits per heavy atom. The second-order valence-electron chi connectivity index (χ2n) is 7.91. The fourth-order valence-corrected chi connectivity index (χ4v) is 3.74. The van der Waals surface area contributed by atoms with Crippen molar-refractivity contribution in [2.24, 2.45) is 0 Å². The molecule has 1 atom stereocenters. The normalized spacial score (nSPS) is 17.1. The third kappa shape index (κ3) is 4.47. The lowest BCUT2D eigenvalue weighted by molar-refractivity contribution is -0.137. The zero-order chi connectivity index (χ0) is 22.2. The number of likely N-dealkylation sites (tertiary alicyclic amines) is 1. The Morgan fingerprint density at radius 1 is 1.06 bits per heavy atom. The van der Waals surface area contributed by atoms with E-state index in [1.165, 1.54) is 12.1 Å². The lowest BCUT2D eigenvalue weighted by Gasteiger charge is -2.31. The van der Waals surface area contributed by atoms with Crippen LogP contribution in [-0.2, 0) is 6.18 Å². The predicted octanol–water partition coefficient (Wildman–Crippen LogP) is 5.39. The molecule has 1 aliphatic heterocycles. The molecule has 1 aromatic heterocycles. The first kappa shape index (κ1) is 21.1. The number of aryl methyl sites for hydroxylation is 2. The summed E-state index contributed by atoms with van der Waals surface area (Å²) in [5, 5.41) is 8.10. The van der Waals surface area contributed by atoms with Crippen LogP contribution in [0, 0.1) is 13.8 Å². The van der Waals surface area contributed by atoms with Gasteiger partial charge in [-0.25, -0.2) is 0 Å². The van der Waals surface area contributed by atoms with Crippen LogP contribution in [0.3, 0.4) is 0 Å². The third-order valence-electron chi connectivity index (χ3n) is 5.71. The zero-order valence-corrected chi connectivity index (χ0v) is 17.2. The van der Waals surface area contributed by atoms with Gasteiger partial charge in [-0.1, -0.05) is 6.07 Å². The third-order valence-corrected chi connectivity index (χ3v) is 5.71. The highest BCUT2D eigenvalue weighted by molar-refractivity contribution is 5.94. The number of nitrogens with zero attached hydrogens (tertiary/aromatic N) is 3. The van der Waals surface area contributed by atoms with Gasteiger partial charge in [0.25, 0.3) is 5.91 Å². The van der Waals surface area contributed by atoms with Crippen molar-refractivity contribution in [2.45, 2.75) is 38.8 Å². The minimum atomic E-state index is -4.40. The van der Waals surface area contributed by atoms with Crippen molar-refractivity contribution < 1.29 is 22.4 Å². The number of rotatable bonds is 3. The van der Waals surface area contributed by atoms with Crippen LogP contribution < -0.4 is 0 Å². The molecule has 0 aliphatic carbocycles. The number of benzene rings is 2. The van der Waals surface area contributed by atoms with Crippen LogP contribution in [0.5, 0.6) is 0 Å². The monoisotopic (exact) mass is 429 g/mol. The lowest BCUT2D eigenvalue weighted by Crippen LogP contribution is -2.39. The Morgan fingerprint density at radius 3 is 2.48 bits per heavy atom. The molecule has 1 saturated heterocycles. The number of aromatic nitrogens is 2. The Balaban J connectivity index is 1.48. The van der Waals surface area contributed by atoms with Gasteiger partial charge >= 0.3 is 6.18 Å². The van der Waals surface area contributed by atoms with E-state index in [9.17, 15) is 18.0 Å². The van der Waals surface area contributed by atoms with Crippen molar-refractivity contribution in [3.05, 3.63) is 70.6 Å². The molecule has 0 spiro atoms. The second-order valence-corrected chi connectivity index (χ2v) is 7.91. The fraction of sp³-hybridized carbons (Fsp3) is 0.348. The molecule has 2 aromatic carbocycles. The first-order valence-electron chi connectivity index (χ1n) is 10.1. The molecule has 5 nitrogen and oxygen atoms in total. The van der Waals surface area contributed by atoms with Crippen molar-refractivity contribution in [2.75, 3.05) is 13.1 Å². The molecule has 0 bridgehead atoms. The number of piperidine rings is 1. The van der Waals surface area contributed by atoms with Gasteiger partial charge in [-0.15, -0.1) is 10.2 Å². The second kappa shape index (κ2) is 8.17. The minimum absolute atomic E-state index is 0.0321. The van der Waals surface area contributed by atoms with Gasteiger partial charge in [-0.2, -0.15) is 13.2 Å². The van der Waals surface area contributed by atoms with E-state index < -0.39 is 11.7 Å². The summed E-state index contributed by atoms with van der Waals surface area (Å²) in [5.41, 5.74) is 2.54. The Hall–Kier alpha value is -3.16. The Bertz CT molecular complexity index is 1090. The van der Waals surface area contributed by atoms with Crippen molar-refractivity contribution in [1.82, 2.24) is 15.1 Å². The maximum atomic E-state index is 12.9. The van der Waals surface area contributed by atoms with Gasteiger partial charge in [0.1, 0.15) is 0 Å². The van der Waals surface area contributed by atoms with Gasteiger partial charge in [0.15, 0.2) is 0 Å². The summed E-state index contributed by atoms with van der Waals surface area (Å²) in [7, 11) is 0. The largest absolute Gasteiger partial charge is 0.420 e. The minimum Gasteiger partial charge on any atom is -0.420 e. The maximum Gasteiger partial charge on any atom is 0.416 e. The van der Waals surface area contributed by atoms with Crippen LogP contribution in [0.2, 0.25) is 0 Å². The van der Waals surface area contributed by atoms with Gasteiger partial charge in [0, 0.05) is 24.2 Å². The van der Waals surface area contributed by atoms with Gasteiger partial charge in [-0.3, -0.25) is 4.79 Å². The molecule has 0 radical (unpaired) electrons. The van der Waals surface area contributed by atoms with Gasteiger partial charge < -0.3 is 9.32 Å². The van der Waals surface area contributed by atoms with Crippen molar-refractivity contribution >= 4 is 5.91 Å². The molecule has 31 heavy (non-hydrogen) atoms. The topological polar surface area (TPSA) is 59.2 Å². The molecule has 1 amide bonds. The molecule has 1 fully saturated rings. The average molecular weight is 429 g/mol. The highest BCUT2D eigenvalue weighted by Gasteiger charge is 2.31. The van der Waals surface area contributed by atoms with E-state index in [1.54, 1.807) is 4.90 Å². The Labute approximate surface area is 177 Å². The number of amides is 1. The van der Waals surface area contributed by atoms with Crippen molar-refractivity contribution in [3.63, 3.8) is 0 Å². The molecule has 1 aliphatic rings. The van der Waals surface area contributed by atoms with Gasteiger partial charge in [0.05, 0.1) is 11.5 Å². The predicted molar refractivity (Wildman–Crippen MR) is 109 cm³/mol. The molecule has 4 rings (SSSR count). The summed E-state index contributed by atoms with van der Waals surface area (Å²) in [6, 6.07) is 10.3. The van der Waals surface area contributed by atoms with Crippen LogP contribution in [0.4, 0.5) is 13.2 Å². The van der Waals surface area contributed by atoms with Crippen LogP contribution in [-0.4, -0.2) is 34.1 Å². The van der Waals surface area contributed by atoms with Crippen LogP contribution in [0.1, 0.15) is 51.7 Å². The number of carbonyl (C=O) groups is 1. The molecule has 2 heterocycles. The van der Waals surface area contributed by atoms with E-state index in [0.717, 1.165) is 36.1 Å². The summed E-state index contributed by atoms with van der Waals surface area (Å²) in [5.74, 6) is 0.420. The average Bonchev–Trinajstić information content (AvgIpc) is 3.25. The van der Waals surface area contributed by atoms with Gasteiger partial charge in [0.2, 0.25) is 11.8 Å². The number of hydrogen-bond donors (Lipinski definition) is 0. The summed E-state index contributed by atoms with van der Waals surface area (Å²) in [6.07, 6.45) is -2.79. The highest BCUT2D eigenvalue weighted by atomic mass is 19.4. The first-order chi connectivity index (χ1) is 14.7. The molecule has 1 unspecified atom stereocenters. The lowest BCUT2D eigenvalue weighted by atomic mass is 9.97. The summed E-state index contributed by atoms with van der Waals surface area (Å²) in [4.78, 5) is 14.7. The van der Waals surface area contributed by atoms with Crippen LogP contribution in [0.25, 0.3) is 11.5 Å². The van der Waals surface area contributed by atoms with Crippen molar-refractivity contribution in [1.29, 1.82) is 0 Å². The summed E-state index contributed by atoms with van der Waals surface area (Å²) >= 11 is 0. The quantitative estimate of drug-likeness (QED) is 0.560. The Kier molecular flexibility index (Phi) is 5.56. The van der Waals surface area contributed by atoms with E-state index in [0.29, 0.717) is 30.1 Å². The van der Waals surface area contributed by atoms with E-state index >= 15 is 0 Å². The molecule has 3 aromatic rings. The van der Waals surface area contributed by atoms with E-state index in [-0.39, 0.29) is 17.7 Å². The van der Waals surface area contributed by atoms with E-state index in [2.05, 4.69) is 10.2 Å². The summed E-state index contributed by atoms with van der Waals surface area (Å²) in [6.45, 7) is 5.10. The smallest absolute Gasteiger partial charge is 0.416 e. The van der Waals surface area contributed by atoms with E-state index in [4.69, 9.17) is 4.42 Å². The van der Waals surface area contributed by atoms with Gasteiger partial charge in [-0.05, 0) is 74.2 Å². The fourth-order valence-electron chi connectivity index (χ4n) is 3.74. The number of halogens is 3. The van der Waals surface area contributed by atoms with Crippen LogP contribution in [0.15, 0.2) is 46.9 Å². The SMILES string of the molecule is Cc1ccc(C(=O)N2CCCC(c3nnc(-c4ccc(C(F)(F)F)cc4)o3)C2)cc1C. The molecule has 8 heteroatoms. The molecule has 0 N–H and O–H groups in total. The van der Waals surface area contributed by atoms with Crippen molar-refractivity contribution in [3.8, 4) is 11.5 Å². The number of carbonyl (C=O) groups excluding carboxylic acids is 1. The molecule has 162 valence electrons. The summed E-state index contributed by atoms with van der Waals surface area (Å²) < 4.78 is 44.0. The van der Waals surface area contributed by atoms with Crippen LogP contribution >= 0.6 is 0 Å². The molecule has 0 saturated carbocycles. The standard InChI is InChI=1S/C23H22F3N3O2/c1-14-5-6-17(12-15(14)2)22(30)29-11-3-4-18(13-29)21-28-27-20(31-21)16-7-9-19(10-8-16)23(24,25)26/h5-10,12,18H,3-4,11,13H2,1-2H3. The molecular weight excluding hydrogens is 407 g/mol. The first-order valence-corrected chi connectivity index (χ1v) is 10.1.